The molecule has 0 aliphatic rings. The fourth-order valence-electron chi connectivity index (χ4n) is 0.992. The van der Waals surface area contributed by atoms with Crippen LogP contribution in [0.25, 0.3) is 0 Å². The molecule has 0 aromatic carbocycles. The normalized spacial score (nSPS) is 10.7. The predicted molar refractivity (Wildman–Crippen MR) is 52.9 cm³/mol. The maximum atomic E-state index is 5.04. The van der Waals surface area contributed by atoms with E-state index in [0.717, 1.165) is 12.2 Å². The second-order valence-electron chi connectivity index (χ2n) is 3.14. The molecule has 0 aliphatic heterocycles. The lowest BCUT2D eigenvalue weighted by Crippen LogP contribution is -2.00. The van der Waals surface area contributed by atoms with E-state index < -0.39 is 0 Å². The van der Waals surface area contributed by atoms with Crippen molar-refractivity contribution in [1.82, 2.24) is 9.97 Å². The van der Waals surface area contributed by atoms with Crippen LogP contribution in [0.4, 0.5) is 0 Å². The number of aromatic nitrogens is 2. The van der Waals surface area contributed by atoms with Gasteiger partial charge in [0.15, 0.2) is 0 Å². The third kappa shape index (κ3) is 2.14. The monoisotopic (exact) mass is 182 g/mol. The zero-order valence-electron chi connectivity index (χ0n) is 7.72. The van der Waals surface area contributed by atoms with E-state index >= 15 is 0 Å². The second-order valence-corrected chi connectivity index (χ2v) is 3.56. The van der Waals surface area contributed by atoms with Crippen molar-refractivity contribution in [3.05, 3.63) is 22.2 Å². The highest BCUT2D eigenvalue weighted by molar-refractivity contribution is 7.71. The number of H-pyrrole nitrogens is 1. The molecule has 12 heavy (non-hydrogen) atoms. The van der Waals surface area contributed by atoms with Crippen LogP contribution in [0.3, 0.4) is 0 Å². The number of nitrogens with one attached hydrogen (secondary N) is 1. The van der Waals surface area contributed by atoms with E-state index in [1.165, 1.54) is 5.69 Å². The van der Waals surface area contributed by atoms with Gasteiger partial charge in [0.05, 0.1) is 0 Å². The maximum absolute atomic E-state index is 5.04. The Morgan fingerprint density at radius 1 is 1.58 bits per heavy atom. The number of rotatable bonds is 2. The molecular weight excluding hydrogens is 168 g/mol. The molecule has 66 valence electrons. The molecule has 0 aliphatic carbocycles. The molecule has 1 heterocycles. The molecule has 0 unspecified atom stereocenters. The van der Waals surface area contributed by atoms with E-state index in [0.29, 0.717) is 10.6 Å². The lowest BCUT2D eigenvalue weighted by atomic mass is 10.2. The van der Waals surface area contributed by atoms with E-state index in [2.05, 4.69) is 30.7 Å². The molecule has 0 saturated heterocycles. The predicted octanol–water partition coefficient (Wildman–Crippen LogP) is 2.82. The third-order valence-corrected chi connectivity index (χ3v) is 1.95. The molecule has 0 saturated carbocycles. The summed E-state index contributed by atoms with van der Waals surface area (Å²) in [5, 5.41) is 0. The number of hydrogen-bond donors (Lipinski definition) is 1. The lowest BCUT2D eigenvalue weighted by Gasteiger charge is -2.06. The van der Waals surface area contributed by atoms with Crippen LogP contribution in [0.5, 0.6) is 0 Å². The van der Waals surface area contributed by atoms with Crippen LogP contribution < -0.4 is 0 Å². The summed E-state index contributed by atoms with van der Waals surface area (Å²) < 4.78 is 0.689. The van der Waals surface area contributed by atoms with Gasteiger partial charge in [-0.2, -0.15) is 0 Å². The molecule has 0 fully saturated rings. The molecule has 1 rings (SSSR count). The summed E-state index contributed by atoms with van der Waals surface area (Å²) in [4.78, 5) is 7.50. The second kappa shape index (κ2) is 3.81. The van der Waals surface area contributed by atoms with Gasteiger partial charge in [0.1, 0.15) is 10.5 Å². The minimum atomic E-state index is 0.415. The molecule has 0 radical (unpaired) electrons. The fraction of sp³-hybridized carbons (Fsp3) is 0.556. The molecular formula is C9H14N2S. The Morgan fingerprint density at radius 2 is 2.25 bits per heavy atom. The number of aromatic amines is 1. The van der Waals surface area contributed by atoms with Gasteiger partial charge in [0, 0.05) is 11.6 Å². The fourth-order valence-corrected chi connectivity index (χ4v) is 1.23. The van der Waals surface area contributed by atoms with Crippen LogP contribution in [0, 0.1) is 4.64 Å². The SMILES string of the molecule is CCc1cc(=S)nc(C(C)C)[nH]1. The van der Waals surface area contributed by atoms with Crippen LogP contribution in [-0.2, 0) is 6.42 Å². The first kappa shape index (κ1) is 9.39. The first-order valence-electron chi connectivity index (χ1n) is 4.23. The van der Waals surface area contributed by atoms with Crippen molar-refractivity contribution >= 4 is 12.2 Å². The average Bonchev–Trinajstić information content (AvgIpc) is 2.03. The number of aryl methyl sites for hydroxylation is 1. The lowest BCUT2D eigenvalue weighted by molar-refractivity contribution is 0.755. The van der Waals surface area contributed by atoms with Gasteiger partial charge in [0.25, 0.3) is 0 Å². The molecule has 0 amide bonds. The topological polar surface area (TPSA) is 28.7 Å². The van der Waals surface area contributed by atoms with E-state index in [4.69, 9.17) is 12.2 Å². The highest BCUT2D eigenvalue weighted by Crippen LogP contribution is 2.09. The van der Waals surface area contributed by atoms with E-state index in [9.17, 15) is 0 Å². The van der Waals surface area contributed by atoms with E-state index in [-0.39, 0.29) is 0 Å². The van der Waals surface area contributed by atoms with Gasteiger partial charge >= 0.3 is 0 Å². The molecule has 0 spiro atoms. The molecule has 0 atom stereocenters. The highest BCUT2D eigenvalue weighted by atomic mass is 32.1. The van der Waals surface area contributed by atoms with Gasteiger partial charge in [0.2, 0.25) is 0 Å². The van der Waals surface area contributed by atoms with Crippen LogP contribution in [0.2, 0.25) is 0 Å². The summed E-state index contributed by atoms with van der Waals surface area (Å²) in [6, 6.07) is 1.92. The van der Waals surface area contributed by atoms with Crippen molar-refractivity contribution < 1.29 is 0 Å². The Labute approximate surface area is 78.1 Å². The summed E-state index contributed by atoms with van der Waals surface area (Å²) in [7, 11) is 0. The molecule has 0 bridgehead atoms. The van der Waals surface area contributed by atoms with Gasteiger partial charge in [-0.3, -0.25) is 0 Å². The number of hydrogen-bond acceptors (Lipinski definition) is 2. The summed E-state index contributed by atoms with van der Waals surface area (Å²) in [6.45, 7) is 6.31. The molecule has 1 aromatic rings. The van der Waals surface area contributed by atoms with Gasteiger partial charge in [-0.25, -0.2) is 4.98 Å². The highest BCUT2D eigenvalue weighted by Gasteiger charge is 2.01. The molecule has 1 aromatic heterocycles. The summed E-state index contributed by atoms with van der Waals surface area (Å²) in [6.07, 6.45) is 0.978. The van der Waals surface area contributed by atoms with Crippen molar-refractivity contribution in [1.29, 1.82) is 0 Å². The quantitative estimate of drug-likeness (QED) is 0.712. The van der Waals surface area contributed by atoms with Gasteiger partial charge in [-0.05, 0) is 12.5 Å². The molecule has 1 N–H and O–H groups in total. The Morgan fingerprint density at radius 3 is 2.75 bits per heavy atom. The van der Waals surface area contributed by atoms with Gasteiger partial charge in [-0.1, -0.05) is 33.0 Å². The zero-order chi connectivity index (χ0) is 9.14. The third-order valence-electron chi connectivity index (χ3n) is 1.74. The van der Waals surface area contributed by atoms with Gasteiger partial charge < -0.3 is 4.98 Å². The Kier molecular flexibility index (Phi) is 2.98. The van der Waals surface area contributed by atoms with Crippen molar-refractivity contribution in [3.8, 4) is 0 Å². The standard InChI is InChI=1S/C9H14N2S/c1-4-7-5-8(12)11-9(10-7)6(2)3/h5-6H,4H2,1-3H3,(H,10,11,12). The van der Waals surface area contributed by atoms with Crippen LogP contribution in [0.15, 0.2) is 6.07 Å². The van der Waals surface area contributed by atoms with E-state index in [1.807, 2.05) is 6.07 Å². The van der Waals surface area contributed by atoms with E-state index in [1.54, 1.807) is 0 Å². The largest absolute Gasteiger partial charge is 0.347 e. The van der Waals surface area contributed by atoms with Crippen LogP contribution in [0.1, 0.15) is 38.2 Å². The zero-order valence-corrected chi connectivity index (χ0v) is 8.53. The minimum absolute atomic E-state index is 0.415. The minimum Gasteiger partial charge on any atom is -0.347 e. The van der Waals surface area contributed by atoms with Crippen molar-refractivity contribution in [3.63, 3.8) is 0 Å². The first-order valence-corrected chi connectivity index (χ1v) is 4.64. The summed E-state index contributed by atoms with van der Waals surface area (Å²) >= 11 is 5.04. The molecule has 3 heteroatoms. The van der Waals surface area contributed by atoms with Crippen molar-refractivity contribution in [2.24, 2.45) is 0 Å². The summed E-state index contributed by atoms with van der Waals surface area (Å²) in [5.74, 6) is 1.40. The first-order chi connectivity index (χ1) is 5.63. The van der Waals surface area contributed by atoms with Crippen LogP contribution >= 0.6 is 12.2 Å². The molecule has 2 nitrogen and oxygen atoms in total. The Bertz CT molecular complexity index is 315. The number of nitrogens with zero attached hydrogens (tertiary/aromatic N) is 1. The maximum Gasteiger partial charge on any atom is 0.129 e. The Hall–Kier alpha value is -0.700. The Balaban J connectivity index is 3.15. The van der Waals surface area contributed by atoms with Crippen LogP contribution in [-0.4, -0.2) is 9.97 Å². The van der Waals surface area contributed by atoms with Crippen molar-refractivity contribution in [2.45, 2.75) is 33.1 Å². The smallest absolute Gasteiger partial charge is 0.129 e. The van der Waals surface area contributed by atoms with Gasteiger partial charge in [-0.15, -0.1) is 0 Å². The summed E-state index contributed by atoms with van der Waals surface area (Å²) in [5.41, 5.74) is 1.17. The average molecular weight is 182 g/mol. The van der Waals surface area contributed by atoms with Crippen molar-refractivity contribution in [2.75, 3.05) is 0 Å².